The largest absolute Gasteiger partial charge is 0.490 e. The van der Waals surface area contributed by atoms with E-state index in [2.05, 4.69) is 52.4 Å². The van der Waals surface area contributed by atoms with E-state index in [4.69, 9.17) is 21.1 Å². The van der Waals surface area contributed by atoms with E-state index >= 15 is 0 Å². The van der Waals surface area contributed by atoms with Gasteiger partial charge in [-0.2, -0.15) is 0 Å². The summed E-state index contributed by atoms with van der Waals surface area (Å²) in [5, 5.41) is 4.21. The maximum atomic E-state index is 6.02. The molecule has 29 heavy (non-hydrogen) atoms. The van der Waals surface area contributed by atoms with Crippen LogP contribution in [0, 0.1) is 6.92 Å². The quantitative estimate of drug-likeness (QED) is 0.375. The van der Waals surface area contributed by atoms with Crippen LogP contribution in [0.1, 0.15) is 29.2 Å². The maximum Gasteiger partial charge on any atom is 0.162 e. The van der Waals surface area contributed by atoms with Crippen LogP contribution in [0.3, 0.4) is 0 Å². The molecule has 0 spiro atoms. The molecule has 0 fully saturated rings. The zero-order chi connectivity index (χ0) is 20.6. The van der Waals surface area contributed by atoms with Gasteiger partial charge in [0.25, 0.3) is 0 Å². The maximum absolute atomic E-state index is 6.02. The fourth-order valence-corrected chi connectivity index (χ4v) is 3.47. The predicted molar refractivity (Wildman–Crippen MR) is 123 cm³/mol. The number of ether oxygens (including phenoxy) is 2. The van der Waals surface area contributed by atoms with Crippen molar-refractivity contribution in [2.45, 2.75) is 33.5 Å². The van der Waals surface area contributed by atoms with Crippen LogP contribution in [0.25, 0.3) is 0 Å². The van der Waals surface area contributed by atoms with E-state index in [9.17, 15) is 0 Å². The van der Waals surface area contributed by atoms with Gasteiger partial charge >= 0.3 is 0 Å². The highest BCUT2D eigenvalue weighted by Gasteiger charge is 2.11. The number of halogens is 2. The first-order valence-electron chi connectivity index (χ1n) is 9.64. The van der Waals surface area contributed by atoms with Crippen molar-refractivity contribution in [3.8, 4) is 11.5 Å². The molecular weight excluding hydrogens is 450 g/mol. The Morgan fingerprint density at radius 2 is 1.52 bits per heavy atom. The summed E-state index contributed by atoms with van der Waals surface area (Å²) >= 11 is 9.62. The van der Waals surface area contributed by atoms with Crippen molar-refractivity contribution in [1.82, 2.24) is 5.32 Å². The molecule has 0 heterocycles. The van der Waals surface area contributed by atoms with E-state index in [0.717, 1.165) is 40.2 Å². The van der Waals surface area contributed by atoms with Crippen LogP contribution in [0.4, 0.5) is 0 Å². The van der Waals surface area contributed by atoms with Gasteiger partial charge in [-0.3, -0.25) is 0 Å². The molecule has 3 nitrogen and oxygen atoms in total. The first-order chi connectivity index (χ1) is 14.0. The van der Waals surface area contributed by atoms with Crippen LogP contribution in [0.5, 0.6) is 11.5 Å². The summed E-state index contributed by atoms with van der Waals surface area (Å²) < 4.78 is 12.8. The molecule has 3 rings (SSSR count). The van der Waals surface area contributed by atoms with Gasteiger partial charge in [-0.05, 0) is 54.8 Å². The van der Waals surface area contributed by atoms with Gasteiger partial charge in [0.1, 0.15) is 6.61 Å². The minimum Gasteiger partial charge on any atom is -0.490 e. The molecule has 0 aromatic heterocycles. The minimum absolute atomic E-state index is 0.453. The van der Waals surface area contributed by atoms with Gasteiger partial charge in [0.2, 0.25) is 0 Å². The van der Waals surface area contributed by atoms with Gasteiger partial charge in [0, 0.05) is 22.6 Å². The van der Waals surface area contributed by atoms with E-state index in [1.165, 1.54) is 11.1 Å². The Labute approximate surface area is 186 Å². The average Bonchev–Trinajstić information content (AvgIpc) is 2.72. The van der Waals surface area contributed by atoms with Gasteiger partial charge in [-0.15, -0.1) is 0 Å². The molecule has 0 atom stereocenters. The molecule has 0 aliphatic carbocycles. The Hall–Kier alpha value is -2.01. The predicted octanol–water partition coefficient (Wildman–Crippen LogP) is 6.68. The number of rotatable bonds is 9. The van der Waals surface area contributed by atoms with E-state index in [0.29, 0.717) is 18.2 Å². The molecule has 5 heteroatoms. The Morgan fingerprint density at radius 1 is 0.862 bits per heavy atom. The van der Waals surface area contributed by atoms with Crippen molar-refractivity contribution in [1.29, 1.82) is 0 Å². The lowest BCUT2D eigenvalue weighted by Gasteiger charge is -2.16. The smallest absolute Gasteiger partial charge is 0.162 e. The molecule has 0 radical (unpaired) electrons. The van der Waals surface area contributed by atoms with Crippen molar-refractivity contribution < 1.29 is 9.47 Å². The van der Waals surface area contributed by atoms with E-state index < -0.39 is 0 Å². The number of aryl methyl sites for hydroxylation is 1. The van der Waals surface area contributed by atoms with Crippen molar-refractivity contribution >= 4 is 27.5 Å². The second-order valence-electron chi connectivity index (χ2n) is 6.83. The van der Waals surface area contributed by atoms with Crippen LogP contribution in [-0.2, 0) is 19.7 Å². The molecular formula is C24H25BrClNO2. The highest BCUT2D eigenvalue weighted by Crippen LogP contribution is 2.34. The van der Waals surface area contributed by atoms with E-state index in [1.807, 2.05) is 43.3 Å². The molecule has 0 unspecified atom stereocenters. The SMILES string of the molecule is CCOc1cc(CNCc2ccc(C)cc2)c(Br)cc1OCc1ccc(Cl)cc1. The number of hydrogen-bond acceptors (Lipinski definition) is 3. The van der Waals surface area contributed by atoms with Gasteiger partial charge in [0.05, 0.1) is 6.61 Å². The number of hydrogen-bond donors (Lipinski definition) is 1. The van der Waals surface area contributed by atoms with Gasteiger partial charge in [0.15, 0.2) is 11.5 Å². The van der Waals surface area contributed by atoms with Crippen molar-refractivity contribution in [3.05, 3.63) is 92.4 Å². The van der Waals surface area contributed by atoms with Crippen LogP contribution in [-0.4, -0.2) is 6.61 Å². The van der Waals surface area contributed by atoms with E-state index in [1.54, 1.807) is 0 Å². The molecule has 0 aliphatic rings. The zero-order valence-electron chi connectivity index (χ0n) is 16.7. The second-order valence-corrected chi connectivity index (χ2v) is 8.12. The first-order valence-corrected chi connectivity index (χ1v) is 10.8. The monoisotopic (exact) mass is 473 g/mol. The van der Waals surface area contributed by atoms with Crippen LogP contribution < -0.4 is 14.8 Å². The Morgan fingerprint density at radius 3 is 2.21 bits per heavy atom. The fraction of sp³-hybridized carbons (Fsp3) is 0.250. The topological polar surface area (TPSA) is 30.5 Å². The second kappa shape index (κ2) is 10.7. The molecule has 3 aromatic carbocycles. The highest BCUT2D eigenvalue weighted by atomic mass is 79.9. The van der Waals surface area contributed by atoms with Gasteiger partial charge in [-0.1, -0.05) is 69.5 Å². The number of nitrogens with one attached hydrogen (secondary N) is 1. The lowest BCUT2D eigenvalue weighted by molar-refractivity contribution is 0.269. The first kappa shape index (κ1) is 21.7. The molecule has 0 aliphatic heterocycles. The van der Waals surface area contributed by atoms with Crippen molar-refractivity contribution in [3.63, 3.8) is 0 Å². The minimum atomic E-state index is 0.453. The zero-order valence-corrected chi connectivity index (χ0v) is 19.0. The Kier molecular flexibility index (Phi) is 7.99. The Bertz CT molecular complexity index is 927. The third kappa shape index (κ3) is 6.49. The van der Waals surface area contributed by atoms with Crippen LogP contribution >= 0.6 is 27.5 Å². The summed E-state index contributed by atoms with van der Waals surface area (Å²) in [5.41, 5.74) is 4.71. The number of benzene rings is 3. The normalized spacial score (nSPS) is 10.8. The lowest BCUT2D eigenvalue weighted by atomic mass is 10.1. The summed E-state index contributed by atoms with van der Waals surface area (Å²) in [7, 11) is 0. The molecule has 0 saturated heterocycles. The molecule has 3 aromatic rings. The van der Waals surface area contributed by atoms with Crippen molar-refractivity contribution in [2.24, 2.45) is 0 Å². The molecule has 0 saturated carbocycles. The third-order valence-electron chi connectivity index (χ3n) is 4.49. The standard InChI is InChI=1S/C24H25BrClNO2/c1-3-28-23-12-20(15-27-14-18-6-4-17(2)5-7-18)22(25)13-24(23)29-16-19-8-10-21(26)11-9-19/h4-13,27H,3,14-16H2,1-2H3. The van der Waals surface area contributed by atoms with Gasteiger partial charge < -0.3 is 14.8 Å². The third-order valence-corrected chi connectivity index (χ3v) is 5.48. The van der Waals surface area contributed by atoms with Crippen LogP contribution in [0.2, 0.25) is 5.02 Å². The molecule has 152 valence electrons. The highest BCUT2D eigenvalue weighted by molar-refractivity contribution is 9.10. The fourth-order valence-electron chi connectivity index (χ4n) is 2.88. The average molecular weight is 475 g/mol. The van der Waals surface area contributed by atoms with Crippen LogP contribution in [0.15, 0.2) is 65.1 Å². The van der Waals surface area contributed by atoms with Gasteiger partial charge in [-0.25, -0.2) is 0 Å². The molecule has 0 amide bonds. The Balaban J connectivity index is 1.66. The summed E-state index contributed by atoms with van der Waals surface area (Å²) in [6.07, 6.45) is 0. The summed E-state index contributed by atoms with van der Waals surface area (Å²) in [6, 6.07) is 20.2. The summed E-state index contributed by atoms with van der Waals surface area (Å²) in [6.45, 7) is 6.64. The summed E-state index contributed by atoms with van der Waals surface area (Å²) in [4.78, 5) is 0. The van der Waals surface area contributed by atoms with Crippen molar-refractivity contribution in [2.75, 3.05) is 6.61 Å². The lowest BCUT2D eigenvalue weighted by Crippen LogP contribution is -2.13. The summed E-state index contributed by atoms with van der Waals surface area (Å²) in [5.74, 6) is 1.47. The molecule has 0 bridgehead atoms. The molecule has 1 N–H and O–H groups in total. The van der Waals surface area contributed by atoms with E-state index in [-0.39, 0.29) is 0 Å².